The van der Waals surface area contributed by atoms with Crippen molar-refractivity contribution in [2.24, 2.45) is 5.41 Å². The van der Waals surface area contributed by atoms with E-state index in [1.807, 2.05) is 0 Å². The molecule has 1 heterocycles. The van der Waals surface area contributed by atoms with E-state index in [1.165, 1.54) is 0 Å². The molecule has 0 spiro atoms. The predicted molar refractivity (Wildman–Crippen MR) is 54.8 cm³/mol. The van der Waals surface area contributed by atoms with Crippen LogP contribution in [0.1, 0.15) is 18.5 Å². The van der Waals surface area contributed by atoms with E-state index >= 15 is 0 Å². The Morgan fingerprint density at radius 3 is 2.44 bits per heavy atom. The molecule has 1 saturated carbocycles. The molecule has 1 fully saturated rings. The Kier molecular flexibility index (Phi) is 2.88. The highest BCUT2D eigenvalue weighted by molar-refractivity contribution is 5.78. The first-order valence-corrected chi connectivity index (χ1v) is 5.22. The lowest BCUT2D eigenvalue weighted by molar-refractivity contribution is -0.143. The molecule has 18 heavy (non-hydrogen) atoms. The Morgan fingerprint density at radius 2 is 2.06 bits per heavy atom. The van der Waals surface area contributed by atoms with Gasteiger partial charge in [-0.15, -0.1) is 10.2 Å². The van der Waals surface area contributed by atoms with Crippen molar-refractivity contribution in [1.29, 1.82) is 0 Å². The maximum atomic E-state index is 12.2. The van der Waals surface area contributed by atoms with Gasteiger partial charge in [-0.1, -0.05) is 0 Å². The van der Waals surface area contributed by atoms with Crippen LogP contribution in [0.25, 0.3) is 0 Å². The van der Waals surface area contributed by atoms with Gasteiger partial charge in [0.05, 0.1) is 5.41 Å². The van der Waals surface area contributed by atoms with Crippen molar-refractivity contribution in [2.75, 3.05) is 11.9 Å². The van der Waals surface area contributed by atoms with Crippen LogP contribution in [0.15, 0.2) is 12.1 Å². The van der Waals surface area contributed by atoms with E-state index in [2.05, 4.69) is 15.5 Å². The van der Waals surface area contributed by atoms with Gasteiger partial charge in [0.25, 0.3) is 0 Å². The largest absolute Gasteiger partial charge is 0.481 e. The molecule has 2 rings (SSSR count). The van der Waals surface area contributed by atoms with Crippen LogP contribution >= 0.6 is 0 Å². The number of rotatable bonds is 4. The van der Waals surface area contributed by atoms with E-state index in [4.69, 9.17) is 5.11 Å². The average Bonchev–Trinajstić information content (AvgIpc) is 3.07. The Hall–Kier alpha value is -1.86. The molecule has 1 aromatic rings. The summed E-state index contributed by atoms with van der Waals surface area (Å²) in [5, 5.41) is 18.0. The van der Waals surface area contributed by atoms with Crippen LogP contribution in [-0.2, 0) is 11.0 Å². The van der Waals surface area contributed by atoms with Gasteiger partial charge in [-0.3, -0.25) is 4.79 Å². The summed E-state index contributed by atoms with van der Waals surface area (Å²) in [7, 11) is 0. The summed E-state index contributed by atoms with van der Waals surface area (Å²) in [5.41, 5.74) is -1.88. The van der Waals surface area contributed by atoms with Gasteiger partial charge in [0, 0.05) is 6.54 Å². The van der Waals surface area contributed by atoms with E-state index in [9.17, 15) is 18.0 Å². The highest BCUT2D eigenvalue weighted by Crippen LogP contribution is 2.45. The number of hydrogen-bond acceptors (Lipinski definition) is 4. The van der Waals surface area contributed by atoms with Gasteiger partial charge in [-0.05, 0) is 25.0 Å². The lowest BCUT2D eigenvalue weighted by atomic mass is 10.1. The SMILES string of the molecule is O=C(O)C1(CNc2ccc(C(F)(F)F)nn2)CC1. The molecule has 2 N–H and O–H groups in total. The number of aliphatic carboxylic acids is 1. The summed E-state index contributed by atoms with van der Waals surface area (Å²) >= 11 is 0. The monoisotopic (exact) mass is 261 g/mol. The van der Waals surface area contributed by atoms with Crippen LogP contribution in [-0.4, -0.2) is 27.8 Å². The molecule has 0 aliphatic heterocycles. The Bertz CT molecular complexity index is 454. The number of anilines is 1. The van der Waals surface area contributed by atoms with Crippen molar-refractivity contribution in [3.63, 3.8) is 0 Å². The zero-order valence-corrected chi connectivity index (χ0v) is 9.16. The van der Waals surface area contributed by atoms with Gasteiger partial charge in [-0.2, -0.15) is 13.2 Å². The molecule has 5 nitrogen and oxygen atoms in total. The number of nitrogens with zero attached hydrogens (tertiary/aromatic N) is 2. The molecule has 0 aromatic carbocycles. The zero-order valence-electron chi connectivity index (χ0n) is 9.16. The molecule has 1 aliphatic carbocycles. The second-order valence-electron chi connectivity index (χ2n) is 4.24. The van der Waals surface area contributed by atoms with Crippen molar-refractivity contribution in [3.05, 3.63) is 17.8 Å². The second-order valence-corrected chi connectivity index (χ2v) is 4.24. The highest BCUT2D eigenvalue weighted by atomic mass is 19.4. The molecule has 1 aromatic heterocycles. The average molecular weight is 261 g/mol. The number of carbonyl (C=O) groups is 1. The van der Waals surface area contributed by atoms with E-state index in [0.717, 1.165) is 12.1 Å². The summed E-state index contributed by atoms with van der Waals surface area (Å²) in [6.07, 6.45) is -3.41. The topological polar surface area (TPSA) is 75.1 Å². The van der Waals surface area contributed by atoms with E-state index in [0.29, 0.717) is 12.8 Å². The summed E-state index contributed by atoms with van der Waals surface area (Å²) in [5.74, 6) is -0.773. The third kappa shape index (κ3) is 2.52. The van der Waals surface area contributed by atoms with Gasteiger partial charge in [-0.25, -0.2) is 0 Å². The third-order valence-corrected chi connectivity index (χ3v) is 2.87. The standard InChI is InChI=1S/C10H10F3N3O2/c11-10(12,13)6-1-2-7(16-15-6)14-5-9(3-4-9)8(17)18/h1-2H,3-5H2,(H,14,16)(H,17,18). The maximum absolute atomic E-state index is 12.2. The predicted octanol–water partition coefficient (Wildman–Crippen LogP) is 1.77. The number of carboxylic acid groups (broad SMARTS) is 1. The Labute approximate surface area is 100 Å². The number of nitrogens with one attached hydrogen (secondary N) is 1. The fourth-order valence-electron chi connectivity index (χ4n) is 1.45. The molecular formula is C10H10F3N3O2. The summed E-state index contributed by atoms with van der Waals surface area (Å²) in [4.78, 5) is 10.9. The molecular weight excluding hydrogens is 251 g/mol. The minimum absolute atomic E-state index is 0.135. The molecule has 0 atom stereocenters. The fraction of sp³-hybridized carbons (Fsp3) is 0.500. The quantitative estimate of drug-likeness (QED) is 0.864. The number of aromatic nitrogens is 2. The van der Waals surface area contributed by atoms with Crippen molar-refractivity contribution in [1.82, 2.24) is 10.2 Å². The van der Waals surface area contributed by atoms with Crippen LogP contribution in [0.3, 0.4) is 0 Å². The van der Waals surface area contributed by atoms with E-state index in [-0.39, 0.29) is 12.4 Å². The Balaban J connectivity index is 1.97. The van der Waals surface area contributed by atoms with Gasteiger partial charge in [0.15, 0.2) is 5.69 Å². The van der Waals surface area contributed by atoms with Crippen LogP contribution in [0.5, 0.6) is 0 Å². The lowest BCUT2D eigenvalue weighted by Crippen LogP contribution is -2.24. The molecule has 0 amide bonds. The van der Waals surface area contributed by atoms with Gasteiger partial charge in [0.1, 0.15) is 5.82 Å². The van der Waals surface area contributed by atoms with Crippen LogP contribution in [0, 0.1) is 5.41 Å². The summed E-state index contributed by atoms with van der Waals surface area (Å²) < 4.78 is 36.6. The number of hydrogen-bond donors (Lipinski definition) is 2. The number of halogens is 3. The van der Waals surface area contributed by atoms with Gasteiger partial charge < -0.3 is 10.4 Å². The van der Waals surface area contributed by atoms with Crippen molar-refractivity contribution in [2.45, 2.75) is 19.0 Å². The van der Waals surface area contributed by atoms with Crippen LogP contribution in [0.4, 0.5) is 19.0 Å². The van der Waals surface area contributed by atoms with Crippen molar-refractivity contribution >= 4 is 11.8 Å². The first-order valence-electron chi connectivity index (χ1n) is 5.22. The van der Waals surface area contributed by atoms with E-state index in [1.54, 1.807) is 0 Å². The van der Waals surface area contributed by atoms with Crippen LogP contribution < -0.4 is 5.32 Å². The first kappa shape index (κ1) is 12.6. The van der Waals surface area contributed by atoms with Crippen molar-refractivity contribution < 1.29 is 23.1 Å². The first-order chi connectivity index (χ1) is 8.33. The summed E-state index contributed by atoms with van der Waals surface area (Å²) in [6, 6.07) is 1.93. The van der Waals surface area contributed by atoms with Gasteiger partial charge >= 0.3 is 12.1 Å². The molecule has 0 unspecified atom stereocenters. The smallest absolute Gasteiger partial charge is 0.435 e. The normalized spacial score (nSPS) is 17.3. The fourth-order valence-corrected chi connectivity index (χ4v) is 1.45. The minimum atomic E-state index is -4.52. The molecule has 1 aliphatic rings. The van der Waals surface area contributed by atoms with E-state index < -0.39 is 23.3 Å². The molecule has 0 radical (unpaired) electrons. The number of alkyl halides is 3. The Morgan fingerprint density at radius 1 is 1.39 bits per heavy atom. The second kappa shape index (κ2) is 4.11. The zero-order chi connectivity index (χ0) is 13.4. The third-order valence-electron chi connectivity index (χ3n) is 2.87. The summed E-state index contributed by atoms with van der Waals surface area (Å²) in [6.45, 7) is 0.141. The highest BCUT2D eigenvalue weighted by Gasteiger charge is 2.50. The number of carboxylic acids is 1. The maximum Gasteiger partial charge on any atom is 0.435 e. The van der Waals surface area contributed by atoms with Crippen molar-refractivity contribution in [3.8, 4) is 0 Å². The van der Waals surface area contributed by atoms with Gasteiger partial charge in [0.2, 0.25) is 0 Å². The molecule has 0 bridgehead atoms. The minimum Gasteiger partial charge on any atom is -0.481 e. The molecule has 8 heteroatoms. The molecule has 0 saturated heterocycles. The molecule has 98 valence electrons. The van der Waals surface area contributed by atoms with Crippen LogP contribution in [0.2, 0.25) is 0 Å². The lowest BCUT2D eigenvalue weighted by Gasteiger charge is -2.11.